The second-order valence-corrected chi connectivity index (χ2v) is 5.97. The molecule has 0 amide bonds. The number of hydrogen-bond acceptors (Lipinski definition) is 3. The Labute approximate surface area is 136 Å². The number of nitrogens with one attached hydrogen (secondary N) is 1. The van der Waals surface area contributed by atoms with E-state index >= 15 is 0 Å². The number of benzene rings is 2. The highest BCUT2D eigenvalue weighted by Crippen LogP contribution is 2.33. The summed E-state index contributed by atoms with van der Waals surface area (Å²) >= 11 is 0. The van der Waals surface area contributed by atoms with E-state index in [1.54, 1.807) is 0 Å². The molecule has 23 heavy (non-hydrogen) atoms. The monoisotopic (exact) mass is 304 g/mol. The van der Waals surface area contributed by atoms with Crippen LogP contribution in [0.5, 0.6) is 0 Å². The van der Waals surface area contributed by atoms with Gasteiger partial charge in [-0.25, -0.2) is 4.68 Å². The van der Waals surface area contributed by atoms with Crippen molar-refractivity contribution in [2.45, 2.75) is 20.1 Å². The van der Waals surface area contributed by atoms with E-state index in [4.69, 9.17) is 5.10 Å². The molecule has 0 bridgehead atoms. The highest BCUT2D eigenvalue weighted by molar-refractivity contribution is 5.78. The Morgan fingerprint density at radius 1 is 1.00 bits per heavy atom. The van der Waals surface area contributed by atoms with Crippen molar-refractivity contribution in [2.24, 2.45) is 0 Å². The van der Waals surface area contributed by atoms with Crippen LogP contribution >= 0.6 is 0 Å². The molecule has 0 unspecified atom stereocenters. The van der Waals surface area contributed by atoms with Crippen LogP contribution in [-0.2, 0) is 13.2 Å². The maximum Gasteiger partial charge on any atom is 0.135 e. The smallest absolute Gasteiger partial charge is 0.135 e. The molecule has 0 aliphatic carbocycles. The molecule has 4 nitrogen and oxygen atoms in total. The summed E-state index contributed by atoms with van der Waals surface area (Å²) in [7, 11) is 0. The molecule has 0 saturated carbocycles. The van der Waals surface area contributed by atoms with Gasteiger partial charge in [-0.2, -0.15) is 5.10 Å². The number of aryl methyl sites for hydroxylation is 1. The molecule has 0 spiro atoms. The molecule has 3 aromatic rings. The van der Waals surface area contributed by atoms with E-state index < -0.39 is 0 Å². The summed E-state index contributed by atoms with van der Waals surface area (Å²) < 4.78 is 2.07. The molecule has 2 aromatic carbocycles. The van der Waals surface area contributed by atoms with E-state index in [1.807, 2.05) is 6.07 Å². The van der Waals surface area contributed by atoms with Crippen molar-refractivity contribution in [3.05, 3.63) is 71.9 Å². The minimum atomic E-state index is 0.810. The topological polar surface area (TPSA) is 33.1 Å². The molecule has 116 valence electrons. The zero-order chi connectivity index (χ0) is 15.6. The molecule has 0 saturated heterocycles. The van der Waals surface area contributed by atoms with Crippen molar-refractivity contribution < 1.29 is 0 Å². The lowest BCUT2D eigenvalue weighted by Crippen LogP contribution is -2.36. The first-order chi connectivity index (χ1) is 11.3. The van der Waals surface area contributed by atoms with Crippen LogP contribution in [0, 0.1) is 6.92 Å². The van der Waals surface area contributed by atoms with Crippen LogP contribution in [0.2, 0.25) is 0 Å². The Morgan fingerprint density at radius 3 is 2.43 bits per heavy atom. The second-order valence-electron chi connectivity index (χ2n) is 5.97. The SMILES string of the molecule is Cc1nn2c(c1-c1ccccc1)NCN(Cc1ccccc1)C2. The number of rotatable bonds is 3. The molecule has 2 heterocycles. The van der Waals surface area contributed by atoms with E-state index in [0.717, 1.165) is 31.4 Å². The van der Waals surface area contributed by atoms with Crippen LogP contribution in [-0.4, -0.2) is 21.3 Å². The first-order valence-electron chi connectivity index (χ1n) is 7.94. The van der Waals surface area contributed by atoms with E-state index in [0.29, 0.717) is 0 Å². The fourth-order valence-electron chi connectivity index (χ4n) is 3.19. The lowest BCUT2D eigenvalue weighted by atomic mass is 10.1. The summed E-state index contributed by atoms with van der Waals surface area (Å²) in [6.07, 6.45) is 0. The van der Waals surface area contributed by atoms with Crippen LogP contribution in [0.1, 0.15) is 11.3 Å². The normalized spacial score (nSPS) is 14.3. The molecule has 1 aliphatic heterocycles. The minimum absolute atomic E-state index is 0.810. The van der Waals surface area contributed by atoms with Gasteiger partial charge in [0.15, 0.2) is 0 Å². The van der Waals surface area contributed by atoms with E-state index in [9.17, 15) is 0 Å². The predicted molar refractivity (Wildman–Crippen MR) is 92.9 cm³/mol. The molecule has 0 radical (unpaired) electrons. The number of aromatic nitrogens is 2. The number of fused-ring (bicyclic) bond motifs is 1. The first kappa shape index (κ1) is 14.0. The Bertz CT molecular complexity index is 793. The van der Waals surface area contributed by atoms with Crippen molar-refractivity contribution in [3.8, 4) is 11.1 Å². The zero-order valence-corrected chi connectivity index (χ0v) is 13.2. The Hall–Kier alpha value is -2.59. The van der Waals surface area contributed by atoms with E-state index in [1.165, 1.54) is 16.7 Å². The van der Waals surface area contributed by atoms with Gasteiger partial charge in [0.2, 0.25) is 0 Å². The summed E-state index contributed by atoms with van der Waals surface area (Å²) in [4.78, 5) is 2.35. The number of hydrogen-bond donors (Lipinski definition) is 1. The molecular weight excluding hydrogens is 284 g/mol. The van der Waals surface area contributed by atoms with Gasteiger partial charge in [-0.3, -0.25) is 4.90 Å². The molecule has 4 rings (SSSR count). The lowest BCUT2D eigenvalue weighted by Gasteiger charge is -2.29. The summed E-state index contributed by atoms with van der Waals surface area (Å²) in [6, 6.07) is 21.0. The van der Waals surface area contributed by atoms with Crippen LogP contribution in [0.25, 0.3) is 11.1 Å². The molecule has 1 aromatic heterocycles. The fourth-order valence-corrected chi connectivity index (χ4v) is 3.19. The quantitative estimate of drug-likeness (QED) is 0.801. The number of nitrogens with zero attached hydrogens (tertiary/aromatic N) is 3. The summed E-state index contributed by atoms with van der Waals surface area (Å²) in [5, 5.41) is 8.28. The van der Waals surface area contributed by atoms with Gasteiger partial charge in [0, 0.05) is 12.1 Å². The molecule has 1 aliphatic rings. The Morgan fingerprint density at radius 2 is 1.70 bits per heavy atom. The average molecular weight is 304 g/mol. The van der Waals surface area contributed by atoms with Crippen LogP contribution < -0.4 is 5.32 Å². The molecule has 0 fully saturated rings. The van der Waals surface area contributed by atoms with Crippen LogP contribution in [0.15, 0.2) is 60.7 Å². The highest BCUT2D eigenvalue weighted by atomic mass is 15.5. The van der Waals surface area contributed by atoms with Crippen LogP contribution in [0.4, 0.5) is 5.82 Å². The highest BCUT2D eigenvalue weighted by Gasteiger charge is 2.22. The van der Waals surface area contributed by atoms with Gasteiger partial charge in [0.1, 0.15) is 5.82 Å². The zero-order valence-electron chi connectivity index (χ0n) is 13.2. The van der Waals surface area contributed by atoms with Gasteiger partial charge in [-0.1, -0.05) is 60.7 Å². The van der Waals surface area contributed by atoms with Crippen LogP contribution in [0.3, 0.4) is 0 Å². The minimum Gasteiger partial charge on any atom is -0.357 e. The van der Waals surface area contributed by atoms with Gasteiger partial charge in [-0.15, -0.1) is 0 Å². The maximum absolute atomic E-state index is 4.73. The standard InChI is InChI=1S/C19H20N4/c1-15-18(17-10-6-3-7-11-17)19-20-13-22(14-23(19)21-15)12-16-8-4-2-5-9-16/h2-11,20H,12-14H2,1H3. The largest absolute Gasteiger partial charge is 0.357 e. The van der Waals surface area contributed by atoms with Crippen molar-refractivity contribution in [3.63, 3.8) is 0 Å². The van der Waals surface area contributed by atoms with Crippen molar-refractivity contribution in [1.82, 2.24) is 14.7 Å². The first-order valence-corrected chi connectivity index (χ1v) is 7.94. The summed E-state index contributed by atoms with van der Waals surface area (Å²) in [5.41, 5.74) is 4.82. The molecule has 0 atom stereocenters. The predicted octanol–water partition coefficient (Wildman–Crippen LogP) is 3.70. The lowest BCUT2D eigenvalue weighted by molar-refractivity contribution is 0.198. The number of anilines is 1. The van der Waals surface area contributed by atoms with Gasteiger partial charge >= 0.3 is 0 Å². The van der Waals surface area contributed by atoms with E-state index in [2.05, 4.69) is 76.4 Å². The van der Waals surface area contributed by atoms with Crippen molar-refractivity contribution >= 4 is 5.82 Å². The molecular formula is C19H20N4. The van der Waals surface area contributed by atoms with E-state index in [-0.39, 0.29) is 0 Å². The van der Waals surface area contributed by atoms with Gasteiger partial charge in [0.05, 0.1) is 19.0 Å². The van der Waals surface area contributed by atoms with Crippen molar-refractivity contribution in [2.75, 3.05) is 12.0 Å². The Kier molecular flexibility index (Phi) is 3.60. The third-order valence-corrected chi connectivity index (χ3v) is 4.24. The molecule has 4 heteroatoms. The van der Waals surface area contributed by atoms with Gasteiger partial charge in [0.25, 0.3) is 0 Å². The van der Waals surface area contributed by atoms with Gasteiger partial charge < -0.3 is 5.32 Å². The Balaban J connectivity index is 1.60. The van der Waals surface area contributed by atoms with Gasteiger partial charge in [-0.05, 0) is 18.1 Å². The summed E-state index contributed by atoms with van der Waals surface area (Å²) in [5.74, 6) is 1.12. The second kappa shape index (κ2) is 5.89. The third-order valence-electron chi connectivity index (χ3n) is 4.24. The average Bonchev–Trinajstić information content (AvgIpc) is 2.91. The summed E-state index contributed by atoms with van der Waals surface area (Å²) in [6.45, 7) is 4.65. The molecule has 1 N–H and O–H groups in total. The maximum atomic E-state index is 4.73. The van der Waals surface area contributed by atoms with Crippen molar-refractivity contribution in [1.29, 1.82) is 0 Å². The third kappa shape index (κ3) is 2.73. The fraction of sp³-hybridized carbons (Fsp3) is 0.211.